The Morgan fingerprint density at radius 1 is 1.31 bits per heavy atom. The summed E-state index contributed by atoms with van der Waals surface area (Å²) in [6.45, 7) is 8.87. The lowest BCUT2D eigenvalue weighted by Gasteiger charge is -2.23. The molecule has 2 aliphatic rings. The topological polar surface area (TPSA) is 12.5 Å². The minimum absolute atomic E-state index is 0.261. The van der Waals surface area contributed by atoms with Gasteiger partial charge in [-0.15, -0.1) is 0 Å². The molecule has 16 heavy (non-hydrogen) atoms. The Bertz CT molecular complexity index is 322. The minimum Gasteiger partial charge on any atom is -0.366 e. The van der Waals surface area contributed by atoms with Crippen molar-refractivity contribution in [3.8, 4) is 0 Å². The summed E-state index contributed by atoms with van der Waals surface area (Å²) < 4.78 is 5.75. The molecule has 1 nitrogen and oxygen atoms in total. The van der Waals surface area contributed by atoms with E-state index in [-0.39, 0.29) is 5.60 Å². The predicted molar refractivity (Wildman–Crippen MR) is 68.4 cm³/mol. The SMILES string of the molecule is CC(C)=CC/C=C(/C)C1CC[C@]2(C)O[C@H]2C1. The Kier molecular flexibility index (Phi) is 3.25. The van der Waals surface area contributed by atoms with E-state index >= 15 is 0 Å². The lowest BCUT2D eigenvalue weighted by molar-refractivity contribution is 0.303. The van der Waals surface area contributed by atoms with Crippen molar-refractivity contribution in [3.63, 3.8) is 0 Å². The van der Waals surface area contributed by atoms with Crippen LogP contribution in [0.15, 0.2) is 23.3 Å². The fraction of sp³-hybridized carbons (Fsp3) is 0.733. The van der Waals surface area contributed by atoms with Gasteiger partial charge in [-0.2, -0.15) is 0 Å². The number of allylic oxidation sites excluding steroid dienone is 4. The van der Waals surface area contributed by atoms with E-state index < -0.39 is 0 Å². The van der Waals surface area contributed by atoms with E-state index in [4.69, 9.17) is 4.74 Å². The normalized spacial score (nSPS) is 37.9. The molecule has 0 spiro atoms. The molecule has 1 aliphatic heterocycles. The van der Waals surface area contributed by atoms with Crippen LogP contribution in [0.4, 0.5) is 0 Å². The molecule has 2 rings (SSSR count). The van der Waals surface area contributed by atoms with E-state index in [0.29, 0.717) is 6.10 Å². The van der Waals surface area contributed by atoms with E-state index in [1.165, 1.54) is 24.8 Å². The molecule has 0 aromatic rings. The van der Waals surface area contributed by atoms with Crippen LogP contribution >= 0.6 is 0 Å². The molecule has 2 fully saturated rings. The Hall–Kier alpha value is -0.560. The molecule has 1 heterocycles. The maximum absolute atomic E-state index is 5.75. The molecule has 1 unspecified atom stereocenters. The van der Waals surface area contributed by atoms with Gasteiger partial charge in [0.1, 0.15) is 0 Å². The molecule has 0 aromatic heterocycles. The maximum Gasteiger partial charge on any atom is 0.0920 e. The second-order valence-corrected chi connectivity index (χ2v) is 5.86. The Morgan fingerprint density at radius 2 is 2.06 bits per heavy atom. The van der Waals surface area contributed by atoms with Crippen LogP contribution in [0, 0.1) is 5.92 Å². The third kappa shape index (κ3) is 2.57. The van der Waals surface area contributed by atoms with Crippen LogP contribution in [0.5, 0.6) is 0 Å². The molecule has 0 N–H and O–H groups in total. The number of hydrogen-bond acceptors (Lipinski definition) is 1. The molecule has 0 aromatic carbocycles. The average Bonchev–Trinajstić information content (AvgIpc) is 2.87. The average molecular weight is 220 g/mol. The van der Waals surface area contributed by atoms with Gasteiger partial charge in [0.15, 0.2) is 0 Å². The molecule has 1 saturated carbocycles. The third-order valence-electron chi connectivity index (χ3n) is 4.13. The van der Waals surface area contributed by atoms with Crippen molar-refractivity contribution in [2.75, 3.05) is 0 Å². The van der Waals surface area contributed by atoms with Crippen LogP contribution in [0.2, 0.25) is 0 Å². The van der Waals surface area contributed by atoms with Crippen molar-refractivity contribution in [2.24, 2.45) is 5.92 Å². The van der Waals surface area contributed by atoms with Gasteiger partial charge in [-0.25, -0.2) is 0 Å². The molecule has 1 saturated heterocycles. The van der Waals surface area contributed by atoms with Crippen LogP contribution in [0.3, 0.4) is 0 Å². The number of epoxide rings is 1. The van der Waals surface area contributed by atoms with E-state index in [1.807, 2.05) is 0 Å². The van der Waals surface area contributed by atoms with Gasteiger partial charge < -0.3 is 4.74 Å². The summed E-state index contributed by atoms with van der Waals surface area (Å²) >= 11 is 0. The molecule has 0 bridgehead atoms. The number of fused-ring (bicyclic) bond motifs is 1. The fourth-order valence-electron chi connectivity index (χ4n) is 2.71. The van der Waals surface area contributed by atoms with Crippen LogP contribution < -0.4 is 0 Å². The molecular formula is C15H24O. The summed E-state index contributed by atoms with van der Waals surface area (Å²) in [6, 6.07) is 0. The zero-order valence-corrected chi connectivity index (χ0v) is 11.0. The predicted octanol–water partition coefficient (Wildman–Crippen LogP) is 4.25. The molecule has 1 heteroatoms. The van der Waals surface area contributed by atoms with Crippen molar-refractivity contribution < 1.29 is 4.74 Å². The summed E-state index contributed by atoms with van der Waals surface area (Å²) in [5, 5.41) is 0. The van der Waals surface area contributed by atoms with Crippen molar-refractivity contribution in [1.29, 1.82) is 0 Å². The van der Waals surface area contributed by atoms with Crippen LogP contribution in [-0.2, 0) is 4.74 Å². The zero-order valence-electron chi connectivity index (χ0n) is 11.0. The molecule has 1 aliphatic carbocycles. The second-order valence-electron chi connectivity index (χ2n) is 5.86. The van der Waals surface area contributed by atoms with Crippen molar-refractivity contribution in [1.82, 2.24) is 0 Å². The summed E-state index contributed by atoms with van der Waals surface area (Å²) in [7, 11) is 0. The van der Waals surface area contributed by atoms with Gasteiger partial charge in [-0.3, -0.25) is 0 Å². The van der Waals surface area contributed by atoms with Gasteiger partial charge in [0.05, 0.1) is 11.7 Å². The second kappa shape index (κ2) is 4.37. The third-order valence-corrected chi connectivity index (χ3v) is 4.13. The Morgan fingerprint density at radius 3 is 2.69 bits per heavy atom. The van der Waals surface area contributed by atoms with Crippen LogP contribution in [0.1, 0.15) is 53.4 Å². The minimum atomic E-state index is 0.261. The Labute approximate surface area is 99.6 Å². The lowest BCUT2D eigenvalue weighted by atomic mass is 9.79. The first-order valence-corrected chi connectivity index (χ1v) is 6.49. The first kappa shape index (κ1) is 11.9. The van der Waals surface area contributed by atoms with Crippen molar-refractivity contribution in [3.05, 3.63) is 23.3 Å². The van der Waals surface area contributed by atoms with Crippen LogP contribution in [-0.4, -0.2) is 11.7 Å². The molecular weight excluding hydrogens is 196 g/mol. The number of ether oxygens (including phenoxy) is 1. The van der Waals surface area contributed by atoms with Crippen molar-refractivity contribution >= 4 is 0 Å². The first-order valence-electron chi connectivity index (χ1n) is 6.49. The van der Waals surface area contributed by atoms with Crippen LogP contribution in [0.25, 0.3) is 0 Å². The zero-order chi connectivity index (χ0) is 11.8. The van der Waals surface area contributed by atoms with Gasteiger partial charge in [-0.1, -0.05) is 23.3 Å². The quantitative estimate of drug-likeness (QED) is 0.512. The molecule has 0 radical (unpaired) electrons. The summed E-state index contributed by atoms with van der Waals surface area (Å²) in [5.74, 6) is 0.770. The van der Waals surface area contributed by atoms with Gasteiger partial charge in [-0.05, 0) is 59.3 Å². The molecule has 0 amide bonds. The smallest absolute Gasteiger partial charge is 0.0920 e. The van der Waals surface area contributed by atoms with Gasteiger partial charge >= 0.3 is 0 Å². The highest BCUT2D eigenvalue weighted by Crippen LogP contribution is 2.50. The van der Waals surface area contributed by atoms with E-state index in [0.717, 1.165) is 12.3 Å². The highest BCUT2D eigenvalue weighted by Gasteiger charge is 2.55. The van der Waals surface area contributed by atoms with Crippen molar-refractivity contribution in [2.45, 2.75) is 65.1 Å². The highest BCUT2D eigenvalue weighted by molar-refractivity contribution is 5.14. The molecule has 3 atom stereocenters. The summed E-state index contributed by atoms with van der Waals surface area (Å²) in [6.07, 6.45) is 10.1. The van der Waals surface area contributed by atoms with Gasteiger partial charge in [0, 0.05) is 0 Å². The maximum atomic E-state index is 5.75. The largest absolute Gasteiger partial charge is 0.366 e. The first-order chi connectivity index (χ1) is 7.51. The summed E-state index contributed by atoms with van der Waals surface area (Å²) in [4.78, 5) is 0. The standard InChI is InChI=1S/C15H24O/c1-11(2)6-5-7-12(3)13-8-9-15(4)14(10-13)16-15/h6-7,13-14H,5,8-10H2,1-4H3/b12-7-/t13?,14-,15-/m0/s1. The highest BCUT2D eigenvalue weighted by atomic mass is 16.6. The number of hydrogen-bond donors (Lipinski definition) is 0. The number of rotatable bonds is 3. The van der Waals surface area contributed by atoms with Gasteiger partial charge in [0.25, 0.3) is 0 Å². The van der Waals surface area contributed by atoms with E-state index in [9.17, 15) is 0 Å². The fourth-order valence-corrected chi connectivity index (χ4v) is 2.71. The van der Waals surface area contributed by atoms with Gasteiger partial charge in [0.2, 0.25) is 0 Å². The Balaban J connectivity index is 1.86. The monoisotopic (exact) mass is 220 g/mol. The summed E-state index contributed by atoms with van der Waals surface area (Å²) in [5.41, 5.74) is 3.23. The molecule has 90 valence electrons. The lowest BCUT2D eigenvalue weighted by Crippen LogP contribution is -2.21. The van der Waals surface area contributed by atoms with E-state index in [1.54, 1.807) is 5.57 Å². The van der Waals surface area contributed by atoms with E-state index in [2.05, 4.69) is 39.8 Å².